The number of fused-ring (bicyclic) bond motifs is 1. The van der Waals surface area contributed by atoms with Crippen LogP contribution in [0.5, 0.6) is 0 Å². The third kappa shape index (κ3) is 4.42. The van der Waals surface area contributed by atoms with Crippen molar-refractivity contribution < 1.29 is 36.2 Å². The van der Waals surface area contributed by atoms with Crippen molar-refractivity contribution in [3.63, 3.8) is 0 Å². The van der Waals surface area contributed by atoms with Gasteiger partial charge in [-0.15, -0.1) is 0 Å². The van der Waals surface area contributed by atoms with Gasteiger partial charge in [0.2, 0.25) is 5.91 Å². The minimum Gasteiger partial charge on any atom is -0.369 e. The maximum Gasteiger partial charge on any atom is 0.430 e. The summed E-state index contributed by atoms with van der Waals surface area (Å²) in [7, 11) is 0. The van der Waals surface area contributed by atoms with E-state index in [0.29, 0.717) is 31.5 Å². The second-order valence-corrected chi connectivity index (χ2v) is 7.71. The highest BCUT2D eigenvalue weighted by molar-refractivity contribution is 5.95. The van der Waals surface area contributed by atoms with E-state index < -0.39 is 23.5 Å². The fraction of sp³-hybridized carbons (Fsp3) is 0.409. The van der Waals surface area contributed by atoms with Crippen LogP contribution in [0.15, 0.2) is 42.5 Å². The van der Waals surface area contributed by atoms with E-state index in [1.165, 1.54) is 4.90 Å². The summed E-state index contributed by atoms with van der Waals surface area (Å²) < 4.78 is 79.4. The smallest absolute Gasteiger partial charge is 0.369 e. The molecule has 31 heavy (non-hydrogen) atoms. The predicted molar refractivity (Wildman–Crippen MR) is 103 cm³/mol. The number of anilines is 1. The highest BCUT2D eigenvalue weighted by atomic mass is 19.4. The van der Waals surface area contributed by atoms with E-state index in [2.05, 4.69) is 0 Å². The van der Waals surface area contributed by atoms with E-state index >= 15 is 0 Å². The van der Waals surface area contributed by atoms with Crippen LogP contribution in [0.2, 0.25) is 0 Å². The second kappa shape index (κ2) is 8.18. The molecule has 0 bridgehead atoms. The van der Waals surface area contributed by atoms with Gasteiger partial charge in [-0.3, -0.25) is 4.79 Å². The normalized spacial score (nSPS) is 15.4. The zero-order valence-electron chi connectivity index (χ0n) is 16.6. The number of hydrogen-bond donors (Lipinski definition) is 1. The summed E-state index contributed by atoms with van der Waals surface area (Å²) in [5.41, 5.74) is -4.09. The van der Waals surface area contributed by atoms with Gasteiger partial charge in [0.25, 0.3) is 5.60 Å². The topological polar surface area (TPSA) is 40.5 Å². The first-order valence-electron chi connectivity index (χ1n) is 9.70. The summed E-state index contributed by atoms with van der Waals surface area (Å²) in [6.07, 6.45) is -10.6. The lowest BCUT2D eigenvalue weighted by molar-refractivity contribution is -0.376. The van der Waals surface area contributed by atoms with E-state index in [-0.39, 0.29) is 30.0 Å². The van der Waals surface area contributed by atoms with Crippen LogP contribution in [-0.2, 0) is 23.2 Å². The molecule has 0 saturated carbocycles. The van der Waals surface area contributed by atoms with E-state index in [9.17, 15) is 36.2 Å². The number of aliphatic hydroxyl groups is 1. The van der Waals surface area contributed by atoms with Crippen LogP contribution in [0.4, 0.5) is 32.0 Å². The van der Waals surface area contributed by atoms with E-state index in [0.717, 1.165) is 17.2 Å². The Morgan fingerprint density at radius 1 is 0.968 bits per heavy atom. The van der Waals surface area contributed by atoms with Gasteiger partial charge in [0.1, 0.15) is 0 Å². The Hall–Kier alpha value is -2.55. The Morgan fingerprint density at radius 2 is 1.58 bits per heavy atom. The van der Waals surface area contributed by atoms with Crippen molar-refractivity contribution in [2.24, 2.45) is 0 Å². The minimum absolute atomic E-state index is 0.0521. The maximum atomic E-state index is 13.2. The number of alkyl halides is 6. The van der Waals surface area contributed by atoms with Crippen LogP contribution in [0.3, 0.4) is 0 Å². The van der Waals surface area contributed by atoms with Gasteiger partial charge in [-0.25, -0.2) is 0 Å². The van der Waals surface area contributed by atoms with Crippen molar-refractivity contribution in [3.8, 4) is 0 Å². The molecule has 0 unspecified atom stereocenters. The first-order valence-corrected chi connectivity index (χ1v) is 9.70. The van der Waals surface area contributed by atoms with E-state index in [1.807, 2.05) is 19.1 Å². The number of amides is 1. The number of carbonyl (C=O) groups excluding carboxylic acids is 1. The predicted octanol–water partition coefficient (Wildman–Crippen LogP) is 5.22. The molecular formula is C22H21F6NO2. The zero-order valence-corrected chi connectivity index (χ0v) is 16.6. The zero-order chi connectivity index (χ0) is 23.0. The van der Waals surface area contributed by atoms with Gasteiger partial charge in [-0.1, -0.05) is 42.0 Å². The minimum atomic E-state index is -5.95. The van der Waals surface area contributed by atoms with Gasteiger partial charge in [-0.05, 0) is 43.4 Å². The van der Waals surface area contributed by atoms with Crippen LogP contribution < -0.4 is 4.90 Å². The average molecular weight is 445 g/mol. The molecule has 3 nitrogen and oxygen atoms in total. The Morgan fingerprint density at radius 3 is 2.16 bits per heavy atom. The lowest BCUT2D eigenvalue weighted by Crippen LogP contribution is -2.54. The van der Waals surface area contributed by atoms with Gasteiger partial charge >= 0.3 is 12.4 Å². The summed E-state index contributed by atoms with van der Waals surface area (Å²) in [5.74, 6) is -0.304. The molecule has 0 atom stereocenters. The van der Waals surface area contributed by atoms with Crippen molar-refractivity contribution in [1.82, 2.24) is 0 Å². The number of halogens is 6. The quantitative estimate of drug-likeness (QED) is 0.659. The lowest BCUT2D eigenvalue weighted by Gasteiger charge is -2.33. The fourth-order valence-electron chi connectivity index (χ4n) is 3.70. The molecule has 0 fully saturated rings. The fourth-order valence-corrected chi connectivity index (χ4v) is 3.70. The molecule has 0 aliphatic carbocycles. The van der Waals surface area contributed by atoms with Gasteiger partial charge < -0.3 is 10.0 Å². The molecule has 0 radical (unpaired) electrons. The van der Waals surface area contributed by atoms with Crippen molar-refractivity contribution in [3.05, 3.63) is 64.7 Å². The van der Waals surface area contributed by atoms with Crippen molar-refractivity contribution >= 4 is 11.6 Å². The molecule has 0 saturated heterocycles. The lowest BCUT2D eigenvalue weighted by atomic mass is 9.89. The van der Waals surface area contributed by atoms with Crippen LogP contribution in [0.1, 0.15) is 35.1 Å². The molecule has 3 rings (SSSR count). The first kappa shape index (κ1) is 23.1. The molecule has 0 aromatic heterocycles. The van der Waals surface area contributed by atoms with Crippen molar-refractivity contribution in [2.75, 3.05) is 11.4 Å². The summed E-state index contributed by atoms with van der Waals surface area (Å²) in [6, 6.07) is 9.65. The SMILES string of the molecule is Cc1ccc(CC(=O)N2CCCCc3cc(C(O)(C(F)(F)F)C(F)(F)F)ccc32)cc1. The third-order valence-electron chi connectivity index (χ3n) is 5.46. The van der Waals surface area contributed by atoms with Crippen LogP contribution in [-0.4, -0.2) is 29.9 Å². The molecule has 1 heterocycles. The number of benzene rings is 2. The van der Waals surface area contributed by atoms with Crippen molar-refractivity contribution in [2.45, 2.75) is 50.6 Å². The maximum absolute atomic E-state index is 13.2. The number of hydrogen-bond acceptors (Lipinski definition) is 2. The molecule has 2 aromatic rings. The Kier molecular flexibility index (Phi) is 6.10. The molecule has 168 valence electrons. The molecule has 2 aromatic carbocycles. The summed E-state index contributed by atoms with van der Waals surface area (Å²) in [5, 5.41) is 9.69. The Labute approximate surface area is 175 Å². The van der Waals surface area contributed by atoms with Crippen molar-refractivity contribution in [1.29, 1.82) is 0 Å². The van der Waals surface area contributed by atoms with Gasteiger partial charge in [0, 0.05) is 17.8 Å². The second-order valence-electron chi connectivity index (χ2n) is 7.71. The summed E-state index contributed by atoms with van der Waals surface area (Å²) >= 11 is 0. The van der Waals surface area contributed by atoms with Gasteiger partial charge in [0.05, 0.1) is 6.42 Å². The Balaban J connectivity index is 1.98. The highest BCUT2D eigenvalue weighted by Crippen LogP contribution is 2.50. The highest BCUT2D eigenvalue weighted by Gasteiger charge is 2.71. The number of aryl methyl sites for hydroxylation is 2. The molecule has 1 N–H and O–H groups in total. The summed E-state index contributed by atoms with van der Waals surface area (Å²) in [6.45, 7) is 2.21. The molecule has 1 aliphatic rings. The van der Waals surface area contributed by atoms with Gasteiger partial charge in [-0.2, -0.15) is 26.3 Å². The standard InChI is InChI=1S/C22H21F6NO2/c1-14-5-7-15(8-6-14)12-19(30)29-11-3-2-4-16-13-17(9-10-18(16)29)20(31,21(23,24)25)22(26,27)28/h5-10,13,31H,2-4,11-12H2,1H3. The average Bonchev–Trinajstić information content (AvgIpc) is 2.89. The molecular weight excluding hydrogens is 424 g/mol. The summed E-state index contributed by atoms with van der Waals surface area (Å²) in [4.78, 5) is 14.3. The number of rotatable bonds is 3. The van der Waals surface area contributed by atoms with Crippen LogP contribution in [0, 0.1) is 6.92 Å². The Bertz CT molecular complexity index is 936. The monoisotopic (exact) mass is 445 g/mol. The van der Waals surface area contributed by atoms with Crippen LogP contribution >= 0.6 is 0 Å². The largest absolute Gasteiger partial charge is 0.430 e. The molecule has 1 aliphatic heterocycles. The van der Waals surface area contributed by atoms with Crippen LogP contribution in [0.25, 0.3) is 0 Å². The first-order chi connectivity index (χ1) is 14.3. The van der Waals surface area contributed by atoms with E-state index in [1.54, 1.807) is 12.1 Å². The number of nitrogens with zero attached hydrogens (tertiary/aromatic N) is 1. The molecule has 9 heteroatoms. The molecule has 0 spiro atoms. The third-order valence-corrected chi connectivity index (χ3v) is 5.46. The van der Waals surface area contributed by atoms with Gasteiger partial charge in [0.15, 0.2) is 0 Å². The number of carbonyl (C=O) groups is 1. The molecule has 1 amide bonds. The van der Waals surface area contributed by atoms with E-state index in [4.69, 9.17) is 0 Å².